The van der Waals surface area contributed by atoms with Gasteiger partial charge >= 0.3 is 5.97 Å². The van der Waals surface area contributed by atoms with Crippen molar-refractivity contribution < 1.29 is 24.5 Å². The van der Waals surface area contributed by atoms with Crippen LogP contribution in [0.5, 0.6) is 0 Å². The van der Waals surface area contributed by atoms with Crippen LogP contribution in [0.1, 0.15) is 85.0 Å². The molecule has 2 bridgehead atoms. The Morgan fingerprint density at radius 2 is 1.93 bits per heavy atom. The number of carboxylic acids is 1. The standard InChI is InChI=1S/C24H42O5/c1-4-5-15-24(2,3)22(25)13-10-18-19(21-12-11-20(18)29-21)14-17-28-16-8-6-7-9-23(26)27/h10,13,18-22,25H,4-9,11-12,14-17H2,1-3H3,(H,26,27)/t18-,19+,20-,21+,22?/m0/s1. The number of fused-ring (bicyclic) bond motifs is 2. The lowest BCUT2D eigenvalue weighted by Crippen LogP contribution is -2.30. The Hall–Kier alpha value is -0.910. The minimum Gasteiger partial charge on any atom is -0.481 e. The molecule has 0 amide bonds. The summed E-state index contributed by atoms with van der Waals surface area (Å²) in [4.78, 5) is 10.5. The highest BCUT2D eigenvalue weighted by molar-refractivity contribution is 5.66. The first-order valence-corrected chi connectivity index (χ1v) is 11.7. The molecule has 29 heavy (non-hydrogen) atoms. The summed E-state index contributed by atoms with van der Waals surface area (Å²) in [5, 5.41) is 19.3. The first kappa shape index (κ1) is 24.4. The maximum Gasteiger partial charge on any atom is 0.303 e. The second kappa shape index (κ2) is 12.1. The summed E-state index contributed by atoms with van der Waals surface area (Å²) in [6.07, 6.45) is 13.8. The number of carboxylic acid groups (broad SMARTS) is 1. The van der Waals surface area contributed by atoms with Crippen molar-refractivity contribution in [3.8, 4) is 0 Å². The Morgan fingerprint density at radius 3 is 2.66 bits per heavy atom. The van der Waals surface area contributed by atoms with Crippen molar-refractivity contribution in [1.29, 1.82) is 0 Å². The lowest BCUT2D eigenvalue weighted by atomic mass is 9.76. The number of aliphatic carboxylic acids is 1. The third-order valence-corrected chi connectivity index (χ3v) is 6.75. The van der Waals surface area contributed by atoms with Crippen LogP contribution in [0.15, 0.2) is 12.2 Å². The molecule has 0 radical (unpaired) electrons. The second-order valence-electron chi connectivity index (χ2n) is 9.56. The Bertz CT molecular complexity index is 515. The first-order valence-electron chi connectivity index (χ1n) is 11.7. The molecule has 2 aliphatic rings. The van der Waals surface area contributed by atoms with E-state index in [-0.39, 0.29) is 11.8 Å². The summed E-state index contributed by atoms with van der Waals surface area (Å²) < 4.78 is 12.0. The molecule has 2 saturated heterocycles. The van der Waals surface area contributed by atoms with E-state index in [2.05, 4.69) is 26.8 Å². The SMILES string of the molecule is CCCCC(C)(C)C(O)C=C[C@H]1[C@@H](CCOCCCCCC(=O)O)[C@H]2CC[C@@H]1O2. The molecule has 0 aliphatic carbocycles. The molecule has 2 aliphatic heterocycles. The van der Waals surface area contributed by atoms with E-state index in [4.69, 9.17) is 14.6 Å². The molecule has 2 N–H and O–H groups in total. The Balaban J connectivity index is 1.74. The summed E-state index contributed by atoms with van der Waals surface area (Å²) in [6.45, 7) is 7.92. The molecule has 2 heterocycles. The van der Waals surface area contributed by atoms with Gasteiger partial charge in [-0.25, -0.2) is 0 Å². The fraction of sp³-hybridized carbons (Fsp3) is 0.875. The zero-order chi connectivity index (χ0) is 21.3. The van der Waals surface area contributed by atoms with Gasteiger partial charge < -0.3 is 19.7 Å². The summed E-state index contributed by atoms with van der Waals surface area (Å²) in [5.74, 6) is 0.132. The molecule has 168 valence electrons. The normalized spacial score (nSPS) is 27.7. The molecule has 0 spiro atoms. The predicted molar refractivity (Wildman–Crippen MR) is 115 cm³/mol. The fourth-order valence-electron chi connectivity index (χ4n) is 4.71. The number of unbranched alkanes of at least 4 members (excludes halogenated alkanes) is 3. The van der Waals surface area contributed by atoms with Gasteiger partial charge in [-0.15, -0.1) is 0 Å². The number of hydrogen-bond donors (Lipinski definition) is 2. The Labute approximate surface area is 176 Å². The number of carbonyl (C=O) groups is 1. The van der Waals surface area contributed by atoms with Gasteiger partial charge in [0.25, 0.3) is 0 Å². The van der Waals surface area contributed by atoms with Gasteiger partial charge in [0.2, 0.25) is 0 Å². The Morgan fingerprint density at radius 1 is 1.17 bits per heavy atom. The number of aliphatic hydroxyl groups excluding tert-OH is 1. The molecule has 5 nitrogen and oxygen atoms in total. The molecular weight excluding hydrogens is 368 g/mol. The average molecular weight is 411 g/mol. The van der Waals surface area contributed by atoms with Crippen LogP contribution in [0.3, 0.4) is 0 Å². The number of rotatable bonds is 15. The van der Waals surface area contributed by atoms with Gasteiger partial charge in [-0.3, -0.25) is 4.79 Å². The lowest BCUT2D eigenvalue weighted by molar-refractivity contribution is -0.137. The maximum absolute atomic E-state index is 10.7. The fourth-order valence-corrected chi connectivity index (χ4v) is 4.71. The van der Waals surface area contributed by atoms with E-state index in [0.717, 1.165) is 64.4 Å². The van der Waals surface area contributed by atoms with Crippen LogP contribution in [0.4, 0.5) is 0 Å². The van der Waals surface area contributed by atoms with Crippen molar-refractivity contribution in [2.75, 3.05) is 13.2 Å². The summed E-state index contributed by atoms with van der Waals surface area (Å²) >= 11 is 0. The lowest BCUT2D eigenvalue weighted by Gasteiger charge is -2.30. The van der Waals surface area contributed by atoms with Gasteiger partial charge in [-0.2, -0.15) is 0 Å². The minimum absolute atomic E-state index is 0.0930. The van der Waals surface area contributed by atoms with Crippen molar-refractivity contribution in [3.63, 3.8) is 0 Å². The average Bonchev–Trinajstić information content (AvgIpc) is 3.28. The monoisotopic (exact) mass is 410 g/mol. The van der Waals surface area contributed by atoms with Crippen LogP contribution in [-0.4, -0.2) is 47.7 Å². The van der Waals surface area contributed by atoms with E-state index in [1.54, 1.807) is 0 Å². The Kier molecular flexibility index (Phi) is 10.1. The van der Waals surface area contributed by atoms with Crippen LogP contribution in [0, 0.1) is 17.3 Å². The molecule has 5 heteroatoms. The van der Waals surface area contributed by atoms with E-state index in [9.17, 15) is 9.90 Å². The smallest absolute Gasteiger partial charge is 0.303 e. The quantitative estimate of drug-likeness (QED) is 0.295. The van der Waals surface area contributed by atoms with E-state index in [0.29, 0.717) is 30.7 Å². The van der Waals surface area contributed by atoms with E-state index >= 15 is 0 Å². The van der Waals surface area contributed by atoms with Gasteiger partial charge in [-0.1, -0.05) is 52.2 Å². The van der Waals surface area contributed by atoms with Gasteiger partial charge in [0, 0.05) is 25.6 Å². The molecule has 0 saturated carbocycles. The first-order chi connectivity index (χ1) is 13.8. The van der Waals surface area contributed by atoms with Crippen molar-refractivity contribution in [3.05, 3.63) is 12.2 Å². The zero-order valence-corrected chi connectivity index (χ0v) is 18.6. The largest absolute Gasteiger partial charge is 0.481 e. The molecule has 0 aromatic heterocycles. The van der Waals surface area contributed by atoms with Gasteiger partial charge in [-0.05, 0) is 49.9 Å². The van der Waals surface area contributed by atoms with E-state index < -0.39 is 12.1 Å². The highest BCUT2D eigenvalue weighted by Gasteiger charge is 2.47. The molecule has 0 aromatic carbocycles. The summed E-state index contributed by atoms with van der Waals surface area (Å²) in [7, 11) is 0. The molecule has 0 aromatic rings. The summed E-state index contributed by atoms with van der Waals surface area (Å²) in [6, 6.07) is 0. The predicted octanol–water partition coefficient (Wildman–Crippen LogP) is 4.97. The molecule has 5 atom stereocenters. The van der Waals surface area contributed by atoms with E-state index in [1.165, 1.54) is 0 Å². The van der Waals surface area contributed by atoms with Gasteiger partial charge in [0.05, 0.1) is 18.3 Å². The highest BCUT2D eigenvalue weighted by Crippen LogP contribution is 2.46. The molecule has 1 unspecified atom stereocenters. The van der Waals surface area contributed by atoms with Crippen molar-refractivity contribution in [2.24, 2.45) is 17.3 Å². The molecular formula is C24H42O5. The second-order valence-corrected chi connectivity index (χ2v) is 9.56. The molecule has 2 rings (SSSR count). The highest BCUT2D eigenvalue weighted by atomic mass is 16.5. The van der Waals surface area contributed by atoms with Crippen LogP contribution in [-0.2, 0) is 14.3 Å². The summed E-state index contributed by atoms with van der Waals surface area (Å²) in [5.41, 5.74) is -0.0930. The minimum atomic E-state index is -0.722. The third-order valence-electron chi connectivity index (χ3n) is 6.75. The van der Waals surface area contributed by atoms with Crippen LogP contribution in [0.25, 0.3) is 0 Å². The van der Waals surface area contributed by atoms with E-state index in [1.807, 2.05) is 6.08 Å². The topological polar surface area (TPSA) is 76.0 Å². The number of hydrogen-bond acceptors (Lipinski definition) is 4. The van der Waals surface area contributed by atoms with Crippen LogP contribution >= 0.6 is 0 Å². The van der Waals surface area contributed by atoms with Crippen molar-refractivity contribution in [2.45, 2.75) is 103 Å². The van der Waals surface area contributed by atoms with Crippen LogP contribution < -0.4 is 0 Å². The third kappa shape index (κ3) is 7.69. The zero-order valence-electron chi connectivity index (χ0n) is 18.6. The molecule has 2 fully saturated rings. The maximum atomic E-state index is 10.7. The van der Waals surface area contributed by atoms with Crippen molar-refractivity contribution in [1.82, 2.24) is 0 Å². The van der Waals surface area contributed by atoms with Crippen molar-refractivity contribution >= 4 is 5.97 Å². The number of aliphatic hydroxyl groups is 1. The van der Waals surface area contributed by atoms with Gasteiger partial charge in [0.15, 0.2) is 0 Å². The van der Waals surface area contributed by atoms with Gasteiger partial charge in [0.1, 0.15) is 0 Å². The van der Waals surface area contributed by atoms with Crippen LogP contribution in [0.2, 0.25) is 0 Å². The number of ether oxygens (including phenoxy) is 2.